The summed E-state index contributed by atoms with van der Waals surface area (Å²) in [5.74, 6) is 0.699. The average Bonchev–Trinajstić information content (AvgIpc) is 2.36. The third-order valence-corrected chi connectivity index (χ3v) is 2.74. The van der Waals surface area contributed by atoms with Crippen LogP contribution in [0.25, 0.3) is 0 Å². The SMILES string of the molecule is CC(C)CCNC(=O)COc1ccc(Cl)cc1C=O. The van der Waals surface area contributed by atoms with Gasteiger partial charge in [-0.1, -0.05) is 25.4 Å². The Morgan fingerprint density at radius 3 is 2.84 bits per heavy atom. The second-order valence-corrected chi connectivity index (χ2v) is 5.06. The second kappa shape index (κ2) is 7.79. The summed E-state index contributed by atoms with van der Waals surface area (Å²) in [7, 11) is 0. The van der Waals surface area contributed by atoms with Gasteiger partial charge in [0.2, 0.25) is 0 Å². The van der Waals surface area contributed by atoms with E-state index in [4.69, 9.17) is 16.3 Å². The van der Waals surface area contributed by atoms with E-state index in [1.165, 1.54) is 6.07 Å². The molecule has 0 radical (unpaired) electrons. The summed E-state index contributed by atoms with van der Waals surface area (Å²) in [6.45, 7) is 4.70. The van der Waals surface area contributed by atoms with E-state index < -0.39 is 0 Å². The number of ether oxygens (including phenoxy) is 1. The van der Waals surface area contributed by atoms with E-state index >= 15 is 0 Å². The largest absolute Gasteiger partial charge is 0.483 e. The van der Waals surface area contributed by atoms with Crippen molar-refractivity contribution < 1.29 is 14.3 Å². The topological polar surface area (TPSA) is 55.4 Å². The Bertz CT molecular complexity index is 446. The lowest BCUT2D eigenvalue weighted by molar-refractivity contribution is -0.123. The van der Waals surface area contributed by atoms with Gasteiger partial charge in [-0.05, 0) is 30.5 Å². The van der Waals surface area contributed by atoms with Gasteiger partial charge in [0.1, 0.15) is 5.75 Å². The molecular formula is C14H18ClNO3. The summed E-state index contributed by atoms with van der Waals surface area (Å²) in [6.07, 6.45) is 1.57. The predicted molar refractivity (Wildman–Crippen MR) is 74.8 cm³/mol. The van der Waals surface area contributed by atoms with Crippen LogP contribution < -0.4 is 10.1 Å². The quantitative estimate of drug-likeness (QED) is 0.783. The molecule has 0 aromatic heterocycles. The van der Waals surface area contributed by atoms with E-state index in [0.717, 1.165) is 6.42 Å². The minimum absolute atomic E-state index is 0.111. The molecule has 1 amide bonds. The Morgan fingerprint density at radius 1 is 1.47 bits per heavy atom. The van der Waals surface area contributed by atoms with Crippen LogP contribution in [-0.2, 0) is 4.79 Å². The second-order valence-electron chi connectivity index (χ2n) is 4.62. The van der Waals surface area contributed by atoms with Crippen LogP contribution in [-0.4, -0.2) is 25.3 Å². The van der Waals surface area contributed by atoms with E-state index in [0.29, 0.717) is 35.1 Å². The summed E-state index contributed by atoms with van der Waals surface area (Å²) in [6, 6.07) is 4.69. The van der Waals surface area contributed by atoms with Crippen LogP contribution >= 0.6 is 11.6 Å². The average molecular weight is 284 g/mol. The normalized spacial score (nSPS) is 10.3. The fourth-order valence-corrected chi connectivity index (χ4v) is 1.62. The number of carbonyl (C=O) groups excluding carboxylic acids is 2. The Hall–Kier alpha value is -1.55. The highest BCUT2D eigenvalue weighted by Crippen LogP contribution is 2.21. The van der Waals surface area contributed by atoms with Gasteiger partial charge in [0, 0.05) is 11.6 Å². The highest BCUT2D eigenvalue weighted by atomic mass is 35.5. The molecule has 0 aliphatic carbocycles. The lowest BCUT2D eigenvalue weighted by Gasteiger charge is -2.10. The van der Waals surface area contributed by atoms with Gasteiger partial charge in [-0.3, -0.25) is 9.59 Å². The number of hydrogen-bond acceptors (Lipinski definition) is 3. The molecule has 0 saturated heterocycles. The van der Waals surface area contributed by atoms with Crippen molar-refractivity contribution in [3.05, 3.63) is 28.8 Å². The Balaban J connectivity index is 2.44. The van der Waals surface area contributed by atoms with Gasteiger partial charge in [-0.25, -0.2) is 0 Å². The Kier molecular flexibility index (Phi) is 6.36. The Labute approximate surface area is 118 Å². The van der Waals surface area contributed by atoms with Gasteiger partial charge in [0.25, 0.3) is 5.91 Å². The summed E-state index contributed by atoms with van der Waals surface area (Å²) in [4.78, 5) is 22.3. The number of aldehydes is 1. The summed E-state index contributed by atoms with van der Waals surface area (Å²) in [5, 5.41) is 3.21. The zero-order valence-corrected chi connectivity index (χ0v) is 11.9. The summed E-state index contributed by atoms with van der Waals surface area (Å²) in [5.41, 5.74) is 0.336. The number of amides is 1. The number of carbonyl (C=O) groups is 2. The van der Waals surface area contributed by atoms with Crippen molar-refractivity contribution >= 4 is 23.8 Å². The zero-order chi connectivity index (χ0) is 14.3. The van der Waals surface area contributed by atoms with Crippen molar-refractivity contribution in [3.8, 4) is 5.75 Å². The van der Waals surface area contributed by atoms with Crippen LogP contribution in [0.4, 0.5) is 0 Å². The van der Waals surface area contributed by atoms with E-state index in [2.05, 4.69) is 19.2 Å². The minimum Gasteiger partial charge on any atom is -0.483 e. The van der Waals surface area contributed by atoms with Gasteiger partial charge in [0.05, 0.1) is 5.56 Å². The molecule has 0 aliphatic heterocycles. The first kappa shape index (κ1) is 15.5. The number of halogens is 1. The monoisotopic (exact) mass is 283 g/mol. The molecule has 0 fully saturated rings. The van der Waals surface area contributed by atoms with Gasteiger partial charge in [-0.2, -0.15) is 0 Å². The number of rotatable bonds is 7. The maximum Gasteiger partial charge on any atom is 0.257 e. The summed E-state index contributed by atoms with van der Waals surface area (Å²) < 4.78 is 5.30. The van der Waals surface area contributed by atoms with Crippen LogP contribution in [0.15, 0.2) is 18.2 Å². The van der Waals surface area contributed by atoms with E-state index in [1.807, 2.05) is 0 Å². The maximum atomic E-state index is 11.5. The van der Waals surface area contributed by atoms with Crippen LogP contribution in [0.1, 0.15) is 30.6 Å². The molecule has 0 saturated carbocycles. The molecular weight excluding hydrogens is 266 g/mol. The van der Waals surface area contributed by atoms with Gasteiger partial charge < -0.3 is 10.1 Å². The van der Waals surface area contributed by atoms with E-state index in [1.54, 1.807) is 12.1 Å². The molecule has 1 rings (SSSR count). The standard InChI is InChI=1S/C14H18ClNO3/c1-10(2)5-6-16-14(18)9-19-13-4-3-12(15)7-11(13)8-17/h3-4,7-8,10H,5-6,9H2,1-2H3,(H,16,18). The van der Waals surface area contributed by atoms with E-state index in [9.17, 15) is 9.59 Å². The van der Waals surface area contributed by atoms with E-state index in [-0.39, 0.29) is 12.5 Å². The molecule has 1 N–H and O–H groups in total. The van der Waals surface area contributed by atoms with Crippen LogP contribution in [0.5, 0.6) is 5.75 Å². The Morgan fingerprint density at radius 2 is 2.21 bits per heavy atom. The molecule has 0 atom stereocenters. The molecule has 1 aromatic carbocycles. The first-order valence-corrected chi connectivity index (χ1v) is 6.55. The zero-order valence-electron chi connectivity index (χ0n) is 11.1. The summed E-state index contributed by atoms with van der Waals surface area (Å²) >= 11 is 5.76. The third-order valence-electron chi connectivity index (χ3n) is 2.50. The third kappa shape index (κ3) is 5.75. The number of benzene rings is 1. The van der Waals surface area contributed by atoms with Crippen molar-refractivity contribution in [1.82, 2.24) is 5.32 Å². The van der Waals surface area contributed by atoms with Crippen molar-refractivity contribution in [3.63, 3.8) is 0 Å². The van der Waals surface area contributed by atoms with Gasteiger partial charge in [0.15, 0.2) is 12.9 Å². The molecule has 0 spiro atoms. The number of nitrogens with one attached hydrogen (secondary N) is 1. The van der Waals surface area contributed by atoms with Crippen LogP contribution in [0, 0.1) is 5.92 Å². The fourth-order valence-electron chi connectivity index (χ4n) is 1.44. The number of hydrogen-bond donors (Lipinski definition) is 1. The molecule has 0 aliphatic rings. The van der Waals surface area contributed by atoms with Gasteiger partial charge >= 0.3 is 0 Å². The molecule has 1 aromatic rings. The molecule has 0 unspecified atom stereocenters. The van der Waals surface area contributed by atoms with Crippen LogP contribution in [0.2, 0.25) is 5.02 Å². The highest BCUT2D eigenvalue weighted by molar-refractivity contribution is 6.30. The lowest BCUT2D eigenvalue weighted by Crippen LogP contribution is -2.30. The smallest absolute Gasteiger partial charge is 0.257 e. The molecule has 0 bridgehead atoms. The lowest BCUT2D eigenvalue weighted by atomic mass is 10.1. The molecule has 5 heteroatoms. The van der Waals surface area contributed by atoms with Crippen molar-refractivity contribution in [2.75, 3.05) is 13.2 Å². The molecule has 4 nitrogen and oxygen atoms in total. The highest BCUT2D eigenvalue weighted by Gasteiger charge is 2.07. The molecule has 0 heterocycles. The van der Waals surface area contributed by atoms with Crippen molar-refractivity contribution in [2.45, 2.75) is 20.3 Å². The van der Waals surface area contributed by atoms with Crippen LogP contribution in [0.3, 0.4) is 0 Å². The maximum absolute atomic E-state index is 11.5. The van der Waals surface area contributed by atoms with Crippen molar-refractivity contribution in [2.24, 2.45) is 5.92 Å². The van der Waals surface area contributed by atoms with Gasteiger partial charge in [-0.15, -0.1) is 0 Å². The van der Waals surface area contributed by atoms with Crippen molar-refractivity contribution in [1.29, 1.82) is 0 Å². The minimum atomic E-state index is -0.201. The predicted octanol–water partition coefficient (Wildman–Crippen LogP) is 2.69. The fraction of sp³-hybridized carbons (Fsp3) is 0.429. The molecule has 19 heavy (non-hydrogen) atoms. The molecule has 104 valence electrons. The first-order chi connectivity index (χ1) is 9.02. The first-order valence-electron chi connectivity index (χ1n) is 6.17.